The maximum Gasteiger partial charge on any atom is 0.257 e. The number of rotatable bonds is 1. The molecule has 1 aliphatic rings. The predicted molar refractivity (Wildman–Crippen MR) is 65.0 cm³/mol. The van der Waals surface area contributed by atoms with Crippen molar-refractivity contribution in [1.82, 2.24) is 14.5 Å². The highest BCUT2D eigenvalue weighted by molar-refractivity contribution is 5.94. The molecule has 98 valence electrons. The third kappa shape index (κ3) is 2.05. The molecule has 0 saturated heterocycles. The van der Waals surface area contributed by atoms with Gasteiger partial charge in [0.2, 0.25) is 0 Å². The molecule has 0 spiro atoms. The van der Waals surface area contributed by atoms with Gasteiger partial charge in [0.1, 0.15) is 17.4 Å². The van der Waals surface area contributed by atoms with Gasteiger partial charge in [0.15, 0.2) is 0 Å². The summed E-state index contributed by atoms with van der Waals surface area (Å²) >= 11 is 0. The number of fused-ring (bicyclic) bond motifs is 1. The second kappa shape index (κ2) is 4.38. The molecule has 19 heavy (non-hydrogen) atoms. The quantitative estimate of drug-likeness (QED) is 0.843. The van der Waals surface area contributed by atoms with Crippen LogP contribution in [0.3, 0.4) is 0 Å². The molecule has 1 aromatic heterocycles. The van der Waals surface area contributed by atoms with Gasteiger partial charge in [-0.15, -0.1) is 0 Å². The Morgan fingerprint density at radius 3 is 3.00 bits per heavy atom. The molecule has 0 bridgehead atoms. The number of halogens is 1. The summed E-state index contributed by atoms with van der Waals surface area (Å²) in [4.78, 5) is 17.9. The van der Waals surface area contributed by atoms with Crippen molar-refractivity contribution in [2.75, 3.05) is 6.54 Å². The highest BCUT2D eigenvalue weighted by Gasteiger charge is 2.24. The second-order valence-corrected chi connectivity index (χ2v) is 4.43. The Balaban J connectivity index is 1.85. The molecule has 3 rings (SSSR count). The van der Waals surface area contributed by atoms with E-state index in [1.807, 2.05) is 10.8 Å². The summed E-state index contributed by atoms with van der Waals surface area (Å²) in [7, 11) is 0. The van der Waals surface area contributed by atoms with Gasteiger partial charge in [-0.05, 0) is 12.1 Å². The lowest BCUT2D eigenvalue weighted by molar-refractivity contribution is 0.0702. The van der Waals surface area contributed by atoms with E-state index < -0.39 is 5.82 Å². The number of carbonyl (C=O) groups excluding carboxylic acids is 1. The number of hydrogen-bond acceptors (Lipinski definition) is 3. The van der Waals surface area contributed by atoms with Crippen LogP contribution >= 0.6 is 0 Å². The molecule has 0 saturated carbocycles. The van der Waals surface area contributed by atoms with Crippen LogP contribution in [0.4, 0.5) is 4.39 Å². The van der Waals surface area contributed by atoms with Crippen molar-refractivity contribution in [2.24, 2.45) is 0 Å². The minimum Gasteiger partial charge on any atom is -0.508 e. The van der Waals surface area contributed by atoms with Crippen LogP contribution in [0, 0.1) is 5.82 Å². The Bertz CT molecular complexity index is 639. The first-order chi connectivity index (χ1) is 9.15. The van der Waals surface area contributed by atoms with E-state index in [0.717, 1.165) is 11.9 Å². The zero-order chi connectivity index (χ0) is 13.4. The second-order valence-electron chi connectivity index (χ2n) is 4.43. The van der Waals surface area contributed by atoms with Crippen LogP contribution in [0.2, 0.25) is 0 Å². The zero-order valence-electron chi connectivity index (χ0n) is 10.1. The van der Waals surface area contributed by atoms with Gasteiger partial charge in [0, 0.05) is 31.5 Å². The van der Waals surface area contributed by atoms with Gasteiger partial charge in [-0.1, -0.05) is 0 Å². The van der Waals surface area contributed by atoms with E-state index in [-0.39, 0.29) is 17.2 Å². The molecule has 0 atom stereocenters. The van der Waals surface area contributed by atoms with Crippen LogP contribution in [0.5, 0.6) is 5.75 Å². The number of carbonyl (C=O) groups is 1. The smallest absolute Gasteiger partial charge is 0.257 e. The molecule has 6 heteroatoms. The van der Waals surface area contributed by atoms with Crippen LogP contribution < -0.4 is 0 Å². The highest BCUT2D eigenvalue weighted by atomic mass is 19.1. The summed E-state index contributed by atoms with van der Waals surface area (Å²) in [5, 5.41) is 9.15. The normalized spacial score (nSPS) is 14.3. The van der Waals surface area contributed by atoms with Crippen molar-refractivity contribution >= 4 is 5.91 Å². The molecule has 0 unspecified atom stereocenters. The SMILES string of the molecule is O=C(c1ccc(O)cc1F)N1CCn2ccnc2C1. The fourth-order valence-corrected chi connectivity index (χ4v) is 2.19. The van der Waals surface area contributed by atoms with Gasteiger partial charge < -0.3 is 14.6 Å². The van der Waals surface area contributed by atoms with Crippen LogP contribution in [-0.2, 0) is 13.1 Å². The number of amides is 1. The molecular weight excluding hydrogens is 249 g/mol. The molecule has 1 aromatic carbocycles. The fraction of sp³-hybridized carbons (Fsp3) is 0.231. The molecule has 1 N–H and O–H groups in total. The van der Waals surface area contributed by atoms with E-state index in [2.05, 4.69) is 4.98 Å². The fourth-order valence-electron chi connectivity index (χ4n) is 2.19. The maximum atomic E-state index is 13.7. The Kier molecular flexibility index (Phi) is 2.70. The molecule has 0 radical (unpaired) electrons. The van der Waals surface area contributed by atoms with Gasteiger partial charge in [0.25, 0.3) is 5.91 Å². The Labute approximate surface area is 108 Å². The lowest BCUT2D eigenvalue weighted by Gasteiger charge is -2.27. The molecule has 2 aromatic rings. The van der Waals surface area contributed by atoms with Crippen molar-refractivity contribution < 1.29 is 14.3 Å². The highest BCUT2D eigenvalue weighted by Crippen LogP contribution is 2.19. The van der Waals surface area contributed by atoms with E-state index in [9.17, 15) is 9.18 Å². The summed E-state index contributed by atoms with van der Waals surface area (Å²) < 4.78 is 15.6. The van der Waals surface area contributed by atoms with Gasteiger partial charge >= 0.3 is 0 Å². The summed E-state index contributed by atoms with van der Waals surface area (Å²) in [6.07, 6.45) is 3.54. The summed E-state index contributed by atoms with van der Waals surface area (Å²) in [5.74, 6) is -0.493. The first-order valence-corrected chi connectivity index (χ1v) is 5.93. The number of phenolic OH excluding ortho intramolecular Hbond substituents is 1. The first kappa shape index (κ1) is 11.7. The summed E-state index contributed by atoms with van der Waals surface area (Å²) in [6.45, 7) is 1.54. The molecule has 1 aliphatic heterocycles. The Morgan fingerprint density at radius 1 is 1.37 bits per heavy atom. The third-order valence-electron chi connectivity index (χ3n) is 3.22. The Hall–Kier alpha value is -2.37. The Morgan fingerprint density at radius 2 is 2.21 bits per heavy atom. The van der Waals surface area contributed by atoms with E-state index in [1.165, 1.54) is 12.1 Å². The molecule has 5 nitrogen and oxygen atoms in total. The van der Waals surface area contributed by atoms with Crippen LogP contribution in [-0.4, -0.2) is 32.0 Å². The maximum absolute atomic E-state index is 13.7. The number of aromatic nitrogens is 2. The molecule has 2 heterocycles. The summed E-state index contributed by atoms with van der Waals surface area (Å²) in [5.41, 5.74) is -0.0298. The van der Waals surface area contributed by atoms with Crippen molar-refractivity contribution in [3.05, 3.63) is 47.8 Å². The van der Waals surface area contributed by atoms with Crippen molar-refractivity contribution in [1.29, 1.82) is 0 Å². The lowest BCUT2D eigenvalue weighted by Crippen LogP contribution is -2.38. The number of hydrogen-bond donors (Lipinski definition) is 1. The molecule has 0 fully saturated rings. The molecule has 0 aliphatic carbocycles. The van der Waals surface area contributed by atoms with E-state index >= 15 is 0 Å². The number of benzene rings is 1. The van der Waals surface area contributed by atoms with Crippen molar-refractivity contribution in [2.45, 2.75) is 13.1 Å². The van der Waals surface area contributed by atoms with E-state index in [1.54, 1.807) is 11.1 Å². The van der Waals surface area contributed by atoms with Crippen molar-refractivity contribution in [3.63, 3.8) is 0 Å². The number of aromatic hydroxyl groups is 1. The number of phenols is 1. The minimum atomic E-state index is -0.709. The zero-order valence-corrected chi connectivity index (χ0v) is 10.1. The third-order valence-corrected chi connectivity index (χ3v) is 3.22. The van der Waals surface area contributed by atoms with Gasteiger partial charge in [0.05, 0.1) is 12.1 Å². The average Bonchev–Trinajstić information content (AvgIpc) is 2.85. The topological polar surface area (TPSA) is 58.4 Å². The van der Waals surface area contributed by atoms with Crippen molar-refractivity contribution in [3.8, 4) is 5.75 Å². The average molecular weight is 261 g/mol. The largest absolute Gasteiger partial charge is 0.508 e. The predicted octanol–water partition coefficient (Wildman–Crippen LogP) is 1.38. The van der Waals surface area contributed by atoms with Gasteiger partial charge in [-0.25, -0.2) is 9.37 Å². The van der Waals surface area contributed by atoms with Gasteiger partial charge in [-0.3, -0.25) is 4.79 Å². The van der Waals surface area contributed by atoms with E-state index in [0.29, 0.717) is 19.6 Å². The minimum absolute atomic E-state index is 0.0298. The van der Waals surface area contributed by atoms with E-state index in [4.69, 9.17) is 5.11 Å². The van der Waals surface area contributed by atoms with Crippen LogP contribution in [0.15, 0.2) is 30.6 Å². The number of nitrogens with zero attached hydrogens (tertiary/aromatic N) is 3. The molecule has 1 amide bonds. The van der Waals surface area contributed by atoms with Crippen LogP contribution in [0.25, 0.3) is 0 Å². The van der Waals surface area contributed by atoms with Crippen LogP contribution in [0.1, 0.15) is 16.2 Å². The standard InChI is InChI=1S/C13H12FN3O2/c14-11-7-9(18)1-2-10(11)13(19)17-6-5-16-4-3-15-12(16)8-17/h1-4,7,18H,5-6,8H2. The number of imidazole rings is 1. The lowest BCUT2D eigenvalue weighted by atomic mass is 10.1. The first-order valence-electron chi connectivity index (χ1n) is 5.93. The molecular formula is C13H12FN3O2. The monoisotopic (exact) mass is 261 g/mol. The summed E-state index contributed by atoms with van der Waals surface area (Å²) in [6, 6.07) is 3.55. The van der Waals surface area contributed by atoms with Gasteiger partial charge in [-0.2, -0.15) is 0 Å².